The first-order chi connectivity index (χ1) is 45.5. The van der Waals surface area contributed by atoms with Crippen LogP contribution >= 0.6 is 0 Å². The van der Waals surface area contributed by atoms with Gasteiger partial charge in [0.15, 0.2) is 0 Å². The summed E-state index contributed by atoms with van der Waals surface area (Å²) in [6.07, 6.45) is -0.0305. The molecule has 0 saturated heterocycles. The van der Waals surface area contributed by atoms with Gasteiger partial charge in [-0.3, -0.25) is 57.5 Å². The molecular formula is C68H104N12O18. The predicted octanol–water partition coefficient (Wildman–Crippen LogP) is 1.81. The highest BCUT2D eigenvalue weighted by atomic mass is 16.6. The Labute approximate surface area is 572 Å². The van der Waals surface area contributed by atoms with Gasteiger partial charge < -0.3 is 93.9 Å². The van der Waals surface area contributed by atoms with Crippen molar-refractivity contribution in [2.75, 3.05) is 36.8 Å². The second-order valence-corrected chi connectivity index (χ2v) is 28.3. The third kappa shape index (κ3) is 26.1. The van der Waals surface area contributed by atoms with Crippen molar-refractivity contribution < 1.29 is 86.8 Å². The van der Waals surface area contributed by atoms with Crippen molar-refractivity contribution in [2.45, 2.75) is 209 Å². The van der Waals surface area contributed by atoms with Crippen molar-refractivity contribution in [3.63, 3.8) is 0 Å². The third-order valence-corrected chi connectivity index (χ3v) is 15.1. The molecule has 0 spiro atoms. The number of fused-ring (bicyclic) bond motifs is 2. The van der Waals surface area contributed by atoms with Crippen LogP contribution in [-0.4, -0.2) is 179 Å². The number of anilines is 2. The highest BCUT2D eigenvalue weighted by molar-refractivity contribution is 6.33. The maximum atomic E-state index is 14.6. The van der Waals surface area contributed by atoms with E-state index in [-0.39, 0.29) is 85.2 Å². The van der Waals surface area contributed by atoms with E-state index in [9.17, 15) is 77.3 Å². The van der Waals surface area contributed by atoms with E-state index >= 15 is 0 Å². The molecule has 3 rings (SSSR count). The van der Waals surface area contributed by atoms with Gasteiger partial charge in [0, 0.05) is 37.6 Å². The first-order valence-corrected chi connectivity index (χ1v) is 33.0. The van der Waals surface area contributed by atoms with Crippen LogP contribution in [0.1, 0.15) is 181 Å². The van der Waals surface area contributed by atoms with Crippen LogP contribution in [0.2, 0.25) is 0 Å². The molecule has 0 fully saturated rings. The number of nitrogens with two attached hydrogens (primary N) is 2. The number of esters is 2. The van der Waals surface area contributed by atoms with E-state index in [0.29, 0.717) is 25.4 Å². The minimum absolute atomic E-state index is 0.0210. The Morgan fingerprint density at radius 1 is 0.429 bits per heavy atom. The van der Waals surface area contributed by atoms with Gasteiger partial charge in [-0.05, 0) is 129 Å². The highest BCUT2D eigenvalue weighted by Crippen LogP contribution is 2.42. The molecule has 16 N–H and O–H groups in total. The molecule has 98 heavy (non-hydrogen) atoms. The largest absolute Gasteiger partial charge is 0.507 e. The van der Waals surface area contributed by atoms with Crippen LogP contribution < -0.4 is 64.6 Å². The third-order valence-electron chi connectivity index (χ3n) is 15.1. The van der Waals surface area contributed by atoms with Crippen LogP contribution in [0.5, 0.6) is 11.5 Å². The molecular weight excluding hydrogens is 1270 g/mol. The number of carbonyl (C=O) groups is 14. The average Bonchev–Trinajstić information content (AvgIpc) is 0.732. The predicted molar refractivity (Wildman–Crippen MR) is 363 cm³/mol. The summed E-state index contributed by atoms with van der Waals surface area (Å²) in [5, 5.41) is 48.5. The molecule has 0 saturated carbocycles. The molecule has 2 aromatic rings. The van der Waals surface area contributed by atoms with Crippen molar-refractivity contribution in [2.24, 2.45) is 47.0 Å². The molecule has 30 nitrogen and oxygen atoms in total. The molecule has 0 radical (unpaired) electrons. The number of nitrogens with one attached hydrogen (secondary N) is 10. The lowest BCUT2D eigenvalue weighted by molar-refractivity contribution is -0.158. The van der Waals surface area contributed by atoms with Gasteiger partial charge in [0.25, 0.3) is 0 Å². The summed E-state index contributed by atoms with van der Waals surface area (Å²) in [6, 6.07) is -5.54. The molecule has 4 unspecified atom stereocenters. The van der Waals surface area contributed by atoms with Gasteiger partial charge in [0.2, 0.25) is 58.8 Å². The van der Waals surface area contributed by atoms with Crippen molar-refractivity contribution >= 4 is 94.7 Å². The normalized spacial score (nSPS) is 15.2. The van der Waals surface area contributed by atoms with Gasteiger partial charge in [0.05, 0.1) is 59.0 Å². The summed E-state index contributed by atoms with van der Waals surface area (Å²) in [5.41, 5.74) is 8.27. The maximum Gasteiger partial charge on any atom is 0.307 e. The quantitative estimate of drug-likeness (QED) is 0.0168. The van der Waals surface area contributed by atoms with Crippen LogP contribution in [0.4, 0.5) is 11.4 Å². The molecule has 2 aromatic carbocycles. The Bertz CT molecular complexity index is 3020. The Balaban J connectivity index is 1.98. The summed E-state index contributed by atoms with van der Waals surface area (Å²) >= 11 is 0. The SMILES string of the molecule is CC(C)C[C@H](NC(=O)[C@H](C)NC(=O)[C@@H](N)CC(C)C)C(=O)NC(C(=O)NCCNc1ccc(NCCNC(=O)C(NC(=O)[C@H](CC(C)C)NC(=O)[C@H](C)NC(=O)[C@@H](N)CC(C)C)C(C=O)CC(=O)OC(C)(C)C)c2c1C(=O)c1c(O)ccc(O)c1C2=O)C(C=O)CC(=O)OC(C)(C)C. The summed E-state index contributed by atoms with van der Waals surface area (Å²) in [5.74, 6) is -14.8. The molecule has 1 aliphatic rings. The molecule has 1 aliphatic carbocycles. The molecule has 0 aromatic heterocycles. The van der Waals surface area contributed by atoms with Crippen molar-refractivity contribution in [3.8, 4) is 11.5 Å². The lowest BCUT2D eigenvalue weighted by Crippen LogP contribution is -2.59. The number of carbonyl (C=O) groups excluding carboxylic acids is 14. The van der Waals surface area contributed by atoms with E-state index in [0.717, 1.165) is 12.1 Å². The standard InChI is InChI=1S/C68H104N12O18/c1-33(2)25-41(69)61(91)75-37(9)59(89)77-45(27-35(5)6)63(93)79-55(39(31-81)29-49(85)97-67(11,12)13)65(95)73-23-21-71-43-17-18-44(52-51(43)57(87)53-47(83)19-20-48(84)54(53)58(52)88)72-22-24-74-66(96)56(40(32-82)30-50(86)98-68(14,15)16)80-64(94)46(28-36(7)8)78-60(90)38(10)76-62(92)42(70)26-34(3)4/h17-20,31-42,45-46,55-56,71-72,83-84H,21-30,69-70H2,1-16H3,(H,73,95)(H,74,96)(H,75,91)(H,76,92)(H,77,89)(H,78,90)(H,79,93)(H,80,94)/t37-,38-,39?,40?,41-,42-,45-,46-,55?,56?/m0/s1. The van der Waals surface area contributed by atoms with Gasteiger partial charge in [-0.15, -0.1) is 0 Å². The van der Waals surface area contributed by atoms with E-state index in [1.54, 1.807) is 69.2 Å². The lowest BCUT2D eigenvalue weighted by Gasteiger charge is -2.28. The van der Waals surface area contributed by atoms with Crippen molar-refractivity contribution in [1.82, 2.24) is 42.5 Å². The lowest BCUT2D eigenvalue weighted by atomic mass is 9.81. The molecule has 544 valence electrons. The number of rotatable bonds is 38. The van der Waals surface area contributed by atoms with Crippen molar-refractivity contribution in [3.05, 3.63) is 46.5 Å². The van der Waals surface area contributed by atoms with Crippen LogP contribution in [0.25, 0.3) is 0 Å². The topological polar surface area (TPSA) is 470 Å². The van der Waals surface area contributed by atoms with E-state index in [1.807, 2.05) is 27.7 Å². The van der Waals surface area contributed by atoms with Gasteiger partial charge in [-0.1, -0.05) is 55.4 Å². The van der Waals surface area contributed by atoms with Crippen LogP contribution in [0, 0.1) is 35.5 Å². The van der Waals surface area contributed by atoms with Crippen LogP contribution in [0.3, 0.4) is 0 Å². The van der Waals surface area contributed by atoms with Crippen molar-refractivity contribution in [1.29, 1.82) is 0 Å². The Kier molecular flexibility index (Phi) is 31.9. The number of hydrogen-bond acceptors (Lipinski definition) is 22. The number of aromatic hydroxyl groups is 2. The minimum Gasteiger partial charge on any atom is -0.507 e. The smallest absolute Gasteiger partial charge is 0.307 e. The Hall–Kier alpha value is -9.06. The first kappa shape index (κ1) is 83.2. The summed E-state index contributed by atoms with van der Waals surface area (Å²) in [6.45, 7) is 25.7. The number of ketones is 2. The zero-order valence-electron chi connectivity index (χ0n) is 59.2. The summed E-state index contributed by atoms with van der Waals surface area (Å²) in [7, 11) is 0. The van der Waals surface area contributed by atoms with Gasteiger partial charge >= 0.3 is 11.9 Å². The summed E-state index contributed by atoms with van der Waals surface area (Å²) in [4.78, 5) is 191. The number of phenols is 2. The highest BCUT2D eigenvalue weighted by Gasteiger charge is 2.41. The number of ether oxygens (including phenoxy) is 2. The monoisotopic (exact) mass is 1380 g/mol. The Morgan fingerprint density at radius 3 is 1.03 bits per heavy atom. The maximum absolute atomic E-state index is 14.6. The zero-order valence-corrected chi connectivity index (χ0v) is 59.2. The zero-order chi connectivity index (χ0) is 74.4. The Morgan fingerprint density at radius 2 is 0.745 bits per heavy atom. The number of amides is 8. The van der Waals surface area contributed by atoms with E-state index in [4.69, 9.17) is 20.9 Å². The fourth-order valence-electron chi connectivity index (χ4n) is 10.5. The molecule has 30 heteroatoms. The molecule has 10 atom stereocenters. The number of phenolic OH excluding ortho intramolecular Hbond substituents is 2. The second-order valence-electron chi connectivity index (χ2n) is 28.3. The minimum atomic E-state index is -1.76. The fraction of sp³-hybridized carbons (Fsp3) is 0.618. The van der Waals surface area contributed by atoms with E-state index < -0.39 is 178 Å². The summed E-state index contributed by atoms with van der Waals surface area (Å²) < 4.78 is 10.9. The van der Waals surface area contributed by atoms with E-state index in [1.165, 1.54) is 26.0 Å². The van der Waals surface area contributed by atoms with Gasteiger partial charge in [0.1, 0.15) is 71.5 Å². The molecule has 8 amide bonds. The molecule has 0 bridgehead atoms. The number of aldehydes is 2. The number of benzene rings is 2. The number of hydrogen-bond donors (Lipinski definition) is 14. The van der Waals surface area contributed by atoms with Gasteiger partial charge in [-0.2, -0.15) is 0 Å². The van der Waals surface area contributed by atoms with Gasteiger partial charge in [-0.25, -0.2) is 0 Å². The fourth-order valence-corrected chi connectivity index (χ4v) is 10.5. The average molecular weight is 1380 g/mol. The van der Waals surface area contributed by atoms with Crippen LogP contribution in [0.15, 0.2) is 24.3 Å². The molecule has 0 heterocycles. The molecule has 0 aliphatic heterocycles. The first-order valence-electron chi connectivity index (χ1n) is 33.0. The van der Waals surface area contributed by atoms with E-state index in [2.05, 4.69) is 53.2 Å². The van der Waals surface area contributed by atoms with Crippen LogP contribution in [-0.2, 0) is 67.0 Å². The second kappa shape index (κ2) is 37.6.